The van der Waals surface area contributed by atoms with Gasteiger partial charge in [0.05, 0.1) is 25.9 Å². The summed E-state index contributed by atoms with van der Waals surface area (Å²) in [4.78, 5) is 44.9. The van der Waals surface area contributed by atoms with Gasteiger partial charge in [-0.15, -0.1) is 0 Å². The number of fused-ring (bicyclic) bond motifs is 4. The SMILES string of the molecule is COC(=O)C1=C(N)Oc2cc(C)n(CCN3CCOCC3)c(=O)c2C12C(=O)N(C)c1ccccc12. The van der Waals surface area contributed by atoms with Gasteiger partial charge in [0.15, 0.2) is 0 Å². The molecule has 1 spiro atoms. The van der Waals surface area contributed by atoms with Crippen LogP contribution in [0, 0.1) is 6.92 Å². The van der Waals surface area contributed by atoms with Crippen molar-refractivity contribution in [3.05, 3.63) is 69.0 Å². The molecule has 1 fully saturated rings. The van der Waals surface area contributed by atoms with E-state index in [1.54, 1.807) is 41.9 Å². The number of carbonyl (C=O) groups is 2. The third-order valence-corrected chi connectivity index (χ3v) is 7.12. The molecule has 184 valence electrons. The third kappa shape index (κ3) is 3.28. The van der Waals surface area contributed by atoms with Crippen LogP contribution >= 0.6 is 0 Å². The fraction of sp³-hybridized carbons (Fsp3) is 0.400. The van der Waals surface area contributed by atoms with Crippen LogP contribution in [0.5, 0.6) is 5.75 Å². The van der Waals surface area contributed by atoms with Crippen molar-refractivity contribution in [2.75, 3.05) is 51.9 Å². The summed E-state index contributed by atoms with van der Waals surface area (Å²) in [5.74, 6) is -1.38. The summed E-state index contributed by atoms with van der Waals surface area (Å²) in [5, 5.41) is 0. The van der Waals surface area contributed by atoms with E-state index < -0.39 is 22.9 Å². The van der Waals surface area contributed by atoms with E-state index in [1.807, 2.05) is 6.92 Å². The molecule has 0 radical (unpaired) electrons. The van der Waals surface area contributed by atoms with Crippen LogP contribution in [0.2, 0.25) is 0 Å². The lowest BCUT2D eigenvalue weighted by Gasteiger charge is -2.36. The second-order valence-corrected chi connectivity index (χ2v) is 8.90. The largest absolute Gasteiger partial charge is 0.465 e. The number of nitrogens with two attached hydrogens (primary N) is 1. The molecule has 2 aromatic rings. The topological polar surface area (TPSA) is 116 Å². The zero-order chi connectivity index (χ0) is 24.9. The Labute approximate surface area is 202 Å². The van der Waals surface area contributed by atoms with Crippen molar-refractivity contribution < 1.29 is 23.8 Å². The van der Waals surface area contributed by atoms with Gasteiger partial charge in [0, 0.05) is 56.2 Å². The zero-order valence-electron chi connectivity index (χ0n) is 20.0. The lowest BCUT2D eigenvalue weighted by molar-refractivity contribution is -0.138. The van der Waals surface area contributed by atoms with Crippen molar-refractivity contribution in [2.24, 2.45) is 5.73 Å². The van der Waals surface area contributed by atoms with Gasteiger partial charge >= 0.3 is 5.97 Å². The molecular weight excluding hydrogens is 452 g/mol. The van der Waals surface area contributed by atoms with Gasteiger partial charge in [0.1, 0.15) is 16.7 Å². The van der Waals surface area contributed by atoms with E-state index in [4.69, 9.17) is 19.9 Å². The third-order valence-electron chi connectivity index (χ3n) is 7.12. The highest BCUT2D eigenvalue weighted by atomic mass is 16.5. The number of para-hydroxylation sites is 1. The Bertz CT molecular complexity index is 1310. The van der Waals surface area contributed by atoms with Crippen LogP contribution in [0.15, 0.2) is 46.6 Å². The predicted octanol–water partition coefficient (Wildman–Crippen LogP) is 0.487. The Hall–Kier alpha value is -3.63. The van der Waals surface area contributed by atoms with Crippen molar-refractivity contribution in [2.45, 2.75) is 18.9 Å². The number of aryl methyl sites for hydroxylation is 1. The first kappa shape index (κ1) is 23.1. The monoisotopic (exact) mass is 480 g/mol. The first-order valence-corrected chi connectivity index (χ1v) is 11.5. The number of benzene rings is 1. The summed E-state index contributed by atoms with van der Waals surface area (Å²) >= 11 is 0. The summed E-state index contributed by atoms with van der Waals surface area (Å²) < 4.78 is 17.9. The van der Waals surface area contributed by atoms with E-state index >= 15 is 0 Å². The van der Waals surface area contributed by atoms with Crippen molar-refractivity contribution in [1.82, 2.24) is 9.47 Å². The number of rotatable bonds is 4. The van der Waals surface area contributed by atoms with Crippen LogP contribution in [0.25, 0.3) is 0 Å². The summed E-state index contributed by atoms with van der Waals surface area (Å²) in [5.41, 5.74) is 5.68. The van der Waals surface area contributed by atoms with E-state index in [2.05, 4.69) is 4.90 Å². The number of hydrogen-bond acceptors (Lipinski definition) is 8. The van der Waals surface area contributed by atoms with E-state index in [0.717, 1.165) is 13.1 Å². The molecule has 1 aromatic heterocycles. The minimum atomic E-state index is -1.78. The molecule has 1 aromatic carbocycles. The average Bonchev–Trinajstić information content (AvgIpc) is 3.06. The summed E-state index contributed by atoms with van der Waals surface area (Å²) in [6, 6.07) is 8.76. The van der Waals surface area contributed by atoms with Gasteiger partial charge in [-0.2, -0.15) is 0 Å². The molecule has 10 heteroatoms. The quantitative estimate of drug-likeness (QED) is 0.629. The van der Waals surface area contributed by atoms with Crippen LogP contribution in [0.3, 0.4) is 0 Å². The number of nitrogens with zero attached hydrogens (tertiary/aromatic N) is 3. The Kier molecular flexibility index (Phi) is 5.65. The van der Waals surface area contributed by atoms with Gasteiger partial charge in [-0.25, -0.2) is 4.79 Å². The molecule has 1 atom stereocenters. The average molecular weight is 481 g/mol. The number of pyridine rings is 1. The molecule has 2 N–H and O–H groups in total. The summed E-state index contributed by atoms with van der Waals surface area (Å²) in [7, 11) is 2.82. The number of morpholine rings is 1. The molecule has 1 unspecified atom stereocenters. The lowest BCUT2D eigenvalue weighted by Crippen LogP contribution is -2.51. The van der Waals surface area contributed by atoms with Crippen LogP contribution in [-0.2, 0) is 31.0 Å². The molecular formula is C25H28N4O6. The maximum Gasteiger partial charge on any atom is 0.340 e. The first-order chi connectivity index (χ1) is 16.8. The van der Waals surface area contributed by atoms with Crippen molar-refractivity contribution in [3.63, 3.8) is 0 Å². The maximum absolute atomic E-state index is 14.1. The molecule has 1 amide bonds. The van der Waals surface area contributed by atoms with Crippen LogP contribution < -0.4 is 20.9 Å². The molecule has 5 rings (SSSR count). The van der Waals surface area contributed by atoms with Crippen molar-refractivity contribution in [3.8, 4) is 5.75 Å². The zero-order valence-corrected chi connectivity index (χ0v) is 20.0. The second kappa shape index (κ2) is 8.54. The van der Waals surface area contributed by atoms with E-state index in [1.165, 1.54) is 12.0 Å². The molecule has 0 aliphatic carbocycles. The van der Waals surface area contributed by atoms with E-state index in [-0.39, 0.29) is 22.8 Å². The summed E-state index contributed by atoms with van der Waals surface area (Å²) in [6.45, 7) is 5.74. The van der Waals surface area contributed by atoms with E-state index in [0.29, 0.717) is 43.2 Å². The Morgan fingerprint density at radius 2 is 1.89 bits per heavy atom. The molecule has 4 heterocycles. The van der Waals surface area contributed by atoms with Crippen LogP contribution in [0.4, 0.5) is 5.69 Å². The molecule has 3 aliphatic heterocycles. The lowest BCUT2D eigenvalue weighted by atomic mass is 9.68. The molecule has 35 heavy (non-hydrogen) atoms. The number of ether oxygens (including phenoxy) is 3. The molecule has 10 nitrogen and oxygen atoms in total. The minimum absolute atomic E-state index is 0.0708. The Balaban J connectivity index is 1.75. The number of carbonyl (C=O) groups excluding carboxylic acids is 2. The van der Waals surface area contributed by atoms with E-state index in [9.17, 15) is 14.4 Å². The minimum Gasteiger partial charge on any atom is -0.465 e. The van der Waals surface area contributed by atoms with Gasteiger partial charge in [-0.1, -0.05) is 18.2 Å². The van der Waals surface area contributed by atoms with Gasteiger partial charge in [0.2, 0.25) is 11.8 Å². The molecule has 0 saturated carbocycles. The van der Waals surface area contributed by atoms with Gasteiger partial charge in [-0.05, 0) is 13.0 Å². The normalized spacial score (nSPS) is 21.7. The maximum atomic E-state index is 14.1. The second-order valence-electron chi connectivity index (χ2n) is 8.90. The number of esters is 1. The molecule has 0 bridgehead atoms. The number of methoxy groups -OCH3 is 1. The number of likely N-dealkylation sites (N-methyl/N-ethyl adjacent to an activating group) is 1. The number of aromatic nitrogens is 1. The number of amides is 1. The standard InChI is InChI=1S/C25H28N4O6/c1-15-14-18-19(22(30)29(15)9-8-28-10-12-34-13-11-28)25(20(21(26)35-18)23(31)33-3)16-6-4-5-7-17(16)27(2)24(25)32/h4-7,14H,8-13,26H2,1-3H3. The number of anilines is 1. The molecule has 1 saturated heterocycles. The predicted molar refractivity (Wildman–Crippen MR) is 127 cm³/mol. The summed E-state index contributed by atoms with van der Waals surface area (Å²) in [6.07, 6.45) is 0. The highest BCUT2D eigenvalue weighted by molar-refractivity contribution is 6.18. The Morgan fingerprint density at radius 3 is 2.60 bits per heavy atom. The number of hydrogen-bond donors (Lipinski definition) is 1. The molecule has 3 aliphatic rings. The van der Waals surface area contributed by atoms with Gasteiger partial charge < -0.3 is 29.4 Å². The van der Waals surface area contributed by atoms with Gasteiger partial charge in [0.25, 0.3) is 5.56 Å². The fourth-order valence-electron chi connectivity index (χ4n) is 5.39. The van der Waals surface area contributed by atoms with Crippen LogP contribution in [-0.4, -0.2) is 68.3 Å². The van der Waals surface area contributed by atoms with Gasteiger partial charge in [-0.3, -0.25) is 14.5 Å². The van der Waals surface area contributed by atoms with Crippen LogP contribution in [0.1, 0.15) is 16.8 Å². The van der Waals surface area contributed by atoms with Crippen molar-refractivity contribution >= 4 is 17.6 Å². The van der Waals surface area contributed by atoms with Crippen molar-refractivity contribution in [1.29, 1.82) is 0 Å². The smallest absolute Gasteiger partial charge is 0.340 e. The first-order valence-electron chi connectivity index (χ1n) is 11.5. The fourth-order valence-corrected chi connectivity index (χ4v) is 5.39. The highest BCUT2D eigenvalue weighted by Gasteiger charge is 2.61. The highest BCUT2D eigenvalue weighted by Crippen LogP contribution is 2.54. The Morgan fingerprint density at radius 1 is 1.17 bits per heavy atom.